The highest BCUT2D eigenvalue weighted by atomic mass is 35.5. The molecule has 0 aliphatic rings. The van der Waals surface area contributed by atoms with Crippen molar-refractivity contribution in [2.75, 3.05) is 5.73 Å². The standard InChI is InChI=1S/C11H15ClFNO/c1-3-4-7(2)15-11-6-9(13)8(12)5-10(11)14/h5-7H,3-4,14H2,1-2H3. The summed E-state index contributed by atoms with van der Waals surface area (Å²) in [4.78, 5) is 0. The summed E-state index contributed by atoms with van der Waals surface area (Å²) in [6.45, 7) is 3.99. The normalized spacial score (nSPS) is 12.5. The molecule has 4 heteroatoms. The van der Waals surface area contributed by atoms with Crippen LogP contribution in [0.1, 0.15) is 26.7 Å². The van der Waals surface area contributed by atoms with E-state index < -0.39 is 5.82 Å². The van der Waals surface area contributed by atoms with E-state index >= 15 is 0 Å². The first-order valence-electron chi connectivity index (χ1n) is 4.95. The zero-order valence-corrected chi connectivity index (χ0v) is 9.64. The number of nitrogen functional groups attached to an aromatic ring is 1. The molecule has 1 atom stereocenters. The van der Waals surface area contributed by atoms with E-state index in [2.05, 4.69) is 6.92 Å². The Morgan fingerprint density at radius 1 is 1.53 bits per heavy atom. The average molecular weight is 232 g/mol. The molecule has 0 heterocycles. The van der Waals surface area contributed by atoms with Crippen molar-refractivity contribution in [1.82, 2.24) is 0 Å². The van der Waals surface area contributed by atoms with Crippen molar-refractivity contribution in [2.24, 2.45) is 0 Å². The molecule has 0 bridgehead atoms. The van der Waals surface area contributed by atoms with Crippen LogP contribution in [0, 0.1) is 5.82 Å². The van der Waals surface area contributed by atoms with E-state index in [1.165, 1.54) is 12.1 Å². The summed E-state index contributed by atoms with van der Waals surface area (Å²) < 4.78 is 18.6. The average Bonchev–Trinajstić information content (AvgIpc) is 2.14. The zero-order valence-electron chi connectivity index (χ0n) is 8.89. The summed E-state index contributed by atoms with van der Waals surface area (Å²) in [6.07, 6.45) is 1.94. The largest absolute Gasteiger partial charge is 0.488 e. The molecule has 2 N–H and O–H groups in total. The van der Waals surface area contributed by atoms with Crippen LogP contribution in [0.15, 0.2) is 12.1 Å². The van der Waals surface area contributed by atoms with Gasteiger partial charge in [-0.15, -0.1) is 0 Å². The number of hydrogen-bond acceptors (Lipinski definition) is 2. The number of benzene rings is 1. The predicted octanol–water partition coefficient (Wildman–Crippen LogP) is 3.63. The molecule has 0 saturated carbocycles. The van der Waals surface area contributed by atoms with Crippen molar-refractivity contribution in [3.05, 3.63) is 23.0 Å². The van der Waals surface area contributed by atoms with Gasteiger partial charge in [0.05, 0.1) is 16.8 Å². The highest BCUT2D eigenvalue weighted by Crippen LogP contribution is 2.29. The molecule has 0 radical (unpaired) electrons. The van der Waals surface area contributed by atoms with Crippen molar-refractivity contribution >= 4 is 17.3 Å². The van der Waals surface area contributed by atoms with Crippen LogP contribution in [0.3, 0.4) is 0 Å². The van der Waals surface area contributed by atoms with Gasteiger partial charge in [0.1, 0.15) is 11.6 Å². The second kappa shape index (κ2) is 5.21. The summed E-state index contributed by atoms with van der Waals surface area (Å²) in [5.74, 6) is -0.151. The van der Waals surface area contributed by atoms with E-state index in [9.17, 15) is 4.39 Å². The van der Waals surface area contributed by atoms with Crippen molar-refractivity contribution in [3.8, 4) is 5.75 Å². The molecule has 0 spiro atoms. The predicted molar refractivity (Wildman–Crippen MR) is 60.8 cm³/mol. The molecule has 0 aliphatic carbocycles. The molecule has 84 valence electrons. The molecule has 1 aromatic carbocycles. The van der Waals surface area contributed by atoms with E-state index in [0.717, 1.165) is 12.8 Å². The van der Waals surface area contributed by atoms with Gasteiger partial charge in [-0.05, 0) is 19.4 Å². The third kappa shape index (κ3) is 3.27. The van der Waals surface area contributed by atoms with Crippen molar-refractivity contribution in [2.45, 2.75) is 32.8 Å². The summed E-state index contributed by atoms with van der Waals surface area (Å²) in [7, 11) is 0. The number of rotatable bonds is 4. The molecule has 1 aromatic rings. The maximum atomic E-state index is 13.1. The van der Waals surface area contributed by atoms with E-state index in [1.54, 1.807) is 0 Å². The molecule has 0 fully saturated rings. The number of hydrogen-bond donors (Lipinski definition) is 1. The van der Waals surface area contributed by atoms with Crippen LogP contribution in [-0.2, 0) is 0 Å². The lowest BCUT2D eigenvalue weighted by atomic mass is 10.2. The fourth-order valence-electron chi connectivity index (χ4n) is 1.33. The number of halogens is 2. The lowest BCUT2D eigenvalue weighted by Crippen LogP contribution is -2.12. The Balaban J connectivity index is 2.81. The Morgan fingerprint density at radius 2 is 2.20 bits per heavy atom. The third-order valence-electron chi connectivity index (χ3n) is 2.08. The van der Waals surface area contributed by atoms with Gasteiger partial charge in [-0.2, -0.15) is 0 Å². The molecule has 0 aromatic heterocycles. The fourth-order valence-corrected chi connectivity index (χ4v) is 1.50. The van der Waals surface area contributed by atoms with Gasteiger partial charge < -0.3 is 10.5 Å². The molecule has 0 aliphatic heterocycles. The second-order valence-electron chi connectivity index (χ2n) is 3.52. The van der Waals surface area contributed by atoms with Gasteiger partial charge in [0, 0.05) is 6.07 Å². The van der Waals surface area contributed by atoms with Gasteiger partial charge in [0.15, 0.2) is 0 Å². The number of nitrogens with two attached hydrogens (primary N) is 1. The molecule has 1 rings (SSSR count). The van der Waals surface area contributed by atoms with Gasteiger partial charge in [0.2, 0.25) is 0 Å². The van der Waals surface area contributed by atoms with Crippen LogP contribution in [0.25, 0.3) is 0 Å². The van der Waals surface area contributed by atoms with Crippen molar-refractivity contribution in [1.29, 1.82) is 0 Å². The van der Waals surface area contributed by atoms with Crippen LogP contribution >= 0.6 is 11.6 Å². The zero-order chi connectivity index (χ0) is 11.4. The maximum absolute atomic E-state index is 13.1. The van der Waals surface area contributed by atoms with Gasteiger partial charge in [-0.3, -0.25) is 0 Å². The molecular weight excluding hydrogens is 217 g/mol. The SMILES string of the molecule is CCCC(C)Oc1cc(F)c(Cl)cc1N. The minimum atomic E-state index is -0.510. The Kier molecular flexibility index (Phi) is 4.21. The highest BCUT2D eigenvalue weighted by Gasteiger charge is 2.10. The topological polar surface area (TPSA) is 35.2 Å². The van der Waals surface area contributed by atoms with Gasteiger partial charge >= 0.3 is 0 Å². The molecular formula is C11H15ClFNO. The summed E-state index contributed by atoms with van der Waals surface area (Å²) in [5.41, 5.74) is 6.02. The first-order chi connectivity index (χ1) is 7.04. The minimum Gasteiger partial charge on any atom is -0.488 e. The summed E-state index contributed by atoms with van der Waals surface area (Å²) in [5, 5.41) is 0.0167. The third-order valence-corrected chi connectivity index (χ3v) is 2.37. The molecule has 0 amide bonds. The summed E-state index contributed by atoms with van der Waals surface area (Å²) in [6, 6.07) is 2.59. The monoisotopic (exact) mass is 231 g/mol. The van der Waals surface area contributed by atoms with Crippen LogP contribution in [0.5, 0.6) is 5.75 Å². The number of anilines is 1. The lowest BCUT2D eigenvalue weighted by Gasteiger charge is -2.15. The van der Waals surface area contributed by atoms with Crippen LogP contribution in [-0.4, -0.2) is 6.10 Å². The molecule has 15 heavy (non-hydrogen) atoms. The highest BCUT2D eigenvalue weighted by molar-refractivity contribution is 6.31. The van der Waals surface area contributed by atoms with Crippen molar-refractivity contribution in [3.63, 3.8) is 0 Å². The van der Waals surface area contributed by atoms with E-state index in [0.29, 0.717) is 11.4 Å². The lowest BCUT2D eigenvalue weighted by molar-refractivity contribution is 0.210. The number of ether oxygens (including phenoxy) is 1. The van der Waals surface area contributed by atoms with Crippen LogP contribution < -0.4 is 10.5 Å². The smallest absolute Gasteiger partial charge is 0.145 e. The molecule has 1 unspecified atom stereocenters. The Labute approximate surface area is 94.2 Å². The van der Waals surface area contributed by atoms with Gasteiger partial charge in [-0.1, -0.05) is 24.9 Å². The first kappa shape index (κ1) is 12.1. The van der Waals surface area contributed by atoms with Gasteiger partial charge in [0.25, 0.3) is 0 Å². The first-order valence-corrected chi connectivity index (χ1v) is 5.33. The maximum Gasteiger partial charge on any atom is 0.145 e. The summed E-state index contributed by atoms with van der Waals surface area (Å²) >= 11 is 5.57. The van der Waals surface area contributed by atoms with Crippen molar-refractivity contribution < 1.29 is 9.13 Å². The van der Waals surface area contributed by atoms with E-state index in [1.807, 2.05) is 6.92 Å². The van der Waals surface area contributed by atoms with Gasteiger partial charge in [-0.25, -0.2) is 4.39 Å². The molecule has 2 nitrogen and oxygen atoms in total. The quantitative estimate of drug-likeness (QED) is 0.804. The second-order valence-corrected chi connectivity index (χ2v) is 3.93. The Hall–Kier alpha value is -0.960. The van der Waals surface area contributed by atoms with Crippen LogP contribution in [0.4, 0.5) is 10.1 Å². The Morgan fingerprint density at radius 3 is 2.80 bits per heavy atom. The van der Waals surface area contributed by atoms with E-state index in [4.69, 9.17) is 22.1 Å². The van der Waals surface area contributed by atoms with E-state index in [-0.39, 0.29) is 11.1 Å². The minimum absolute atomic E-state index is 0.0167. The van der Waals surface area contributed by atoms with Crippen LogP contribution in [0.2, 0.25) is 5.02 Å². The molecule has 0 saturated heterocycles. The fraction of sp³-hybridized carbons (Fsp3) is 0.455. The Bertz CT molecular complexity index is 344.